The standard InChI is InChI=1S/C18H22N4O2S.C2HF3O2/c23-16(14-3-11-25-13-14)22-8-4-18(5-9-22)12-15(2-10-24-18)21-17-19-6-1-7-20-17;3-2(4,5)1(6)7/h1,3,6-7,11,13,15H,2,4-5,8-10,12H2,(H,19,20,21);(H,6,7). The molecule has 1 unspecified atom stereocenters. The zero-order valence-corrected chi connectivity index (χ0v) is 17.9. The largest absolute Gasteiger partial charge is 0.490 e. The number of aromatic nitrogens is 2. The second-order valence-electron chi connectivity index (χ2n) is 7.55. The molecule has 1 spiro atoms. The van der Waals surface area contributed by atoms with Crippen LogP contribution in [0.4, 0.5) is 19.1 Å². The fraction of sp³-hybridized carbons (Fsp3) is 0.500. The van der Waals surface area contributed by atoms with E-state index in [1.54, 1.807) is 23.7 Å². The Hall–Kier alpha value is -2.73. The summed E-state index contributed by atoms with van der Waals surface area (Å²) < 4.78 is 37.9. The maximum absolute atomic E-state index is 12.5. The van der Waals surface area contributed by atoms with Gasteiger partial charge in [-0.2, -0.15) is 24.5 Å². The summed E-state index contributed by atoms with van der Waals surface area (Å²) in [6.45, 7) is 2.25. The lowest BCUT2D eigenvalue weighted by molar-refractivity contribution is -0.192. The van der Waals surface area contributed by atoms with Crippen molar-refractivity contribution in [3.05, 3.63) is 40.8 Å². The lowest BCUT2D eigenvalue weighted by Crippen LogP contribution is -2.52. The quantitative estimate of drug-likeness (QED) is 0.705. The van der Waals surface area contributed by atoms with E-state index in [4.69, 9.17) is 14.6 Å². The summed E-state index contributed by atoms with van der Waals surface area (Å²) in [7, 11) is 0. The summed E-state index contributed by atoms with van der Waals surface area (Å²) in [4.78, 5) is 31.9. The third-order valence-corrected chi connectivity index (χ3v) is 6.05. The number of piperidine rings is 1. The second kappa shape index (κ2) is 10.3. The van der Waals surface area contributed by atoms with Crippen LogP contribution in [0.5, 0.6) is 0 Å². The van der Waals surface area contributed by atoms with Crippen LogP contribution in [0.3, 0.4) is 0 Å². The Morgan fingerprint density at radius 2 is 1.91 bits per heavy atom. The first-order chi connectivity index (χ1) is 15.2. The van der Waals surface area contributed by atoms with Gasteiger partial charge in [-0.25, -0.2) is 14.8 Å². The maximum atomic E-state index is 12.5. The molecule has 8 nitrogen and oxygen atoms in total. The van der Waals surface area contributed by atoms with Gasteiger partial charge in [0.2, 0.25) is 5.95 Å². The first-order valence-electron chi connectivity index (χ1n) is 9.98. The SMILES string of the molecule is O=C(O)C(F)(F)F.O=C(c1ccsc1)N1CCC2(CC1)CC(Nc1ncccn1)CCO2. The third kappa shape index (κ3) is 6.39. The smallest absolute Gasteiger partial charge is 0.475 e. The fourth-order valence-corrected chi connectivity index (χ4v) is 4.37. The van der Waals surface area contributed by atoms with E-state index in [9.17, 15) is 18.0 Å². The number of halogens is 3. The highest BCUT2D eigenvalue weighted by atomic mass is 32.1. The van der Waals surface area contributed by atoms with Crippen molar-refractivity contribution in [1.29, 1.82) is 0 Å². The van der Waals surface area contributed by atoms with E-state index < -0.39 is 12.1 Å². The predicted molar refractivity (Wildman–Crippen MR) is 111 cm³/mol. The number of aliphatic carboxylic acids is 1. The van der Waals surface area contributed by atoms with Crippen LogP contribution in [-0.2, 0) is 9.53 Å². The van der Waals surface area contributed by atoms with Crippen molar-refractivity contribution in [1.82, 2.24) is 14.9 Å². The number of carbonyl (C=O) groups excluding carboxylic acids is 1. The molecule has 2 fully saturated rings. The number of alkyl halides is 3. The number of ether oxygens (including phenoxy) is 1. The Labute approximate surface area is 186 Å². The molecule has 2 aromatic rings. The van der Waals surface area contributed by atoms with E-state index >= 15 is 0 Å². The number of carbonyl (C=O) groups is 2. The Balaban J connectivity index is 0.000000360. The zero-order chi connectivity index (χ0) is 23.2. The highest BCUT2D eigenvalue weighted by Gasteiger charge is 2.41. The van der Waals surface area contributed by atoms with Crippen molar-refractivity contribution >= 4 is 29.2 Å². The highest BCUT2D eigenvalue weighted by molar-refractivity contribution is 7.08. The summed E-state index contributed by atoms with van der Waals surface area (Å²) in [5.74, 6) is -1.94. The van der Waals surface area contributed by atoms with Gasteiger partial charge < -0.3 is 20.1 Å². The van der Waals surface area contributed by atoms with Crippen molar-refractivity contribution in [3.8, 4) is 0 Å². The van der Waals surface area contributed by atoms with Gasteiger partial charge in [-0.15, -0.1) is 0 Å². The molecule has 0 aliphatic carbocycles. The number of anilines is 1. The van der Waals surface area contributed by atoms with E-state index in [1.165, 1.54) is 0 Å². The fourth-order valence-electron chi connectivity index (χ4n) is 3.74. The Morgan fingerprint density at radius 3 is 2.47 bits per heavy atom. The van der Waals surface area contributed by atoms with Gasteiger partial charge in [-0.3, -0.25) is 4.79 Å². The van der Waals surface area contributed by atoms with Crippen molar-refractivity contribution in [2.24, 2.45) is 0 Å². The van der Waals surface area contributed by atoms with Gasteiger partial charge in [0.15, 0.2) is 0 Å². The molecule has 0 bridgehead atoms. The molecule has 2 saturated heterocycles. The van der Waals surface area contributed by atoms with E-state index in [1.807, 2.05) is 27.8 Å². The molecule has 4 heterocycles. The van der Waals surface area contributed by atoms with Crippen LogP contribution in [0, 0.1) is 0 Å². The number of rotatable bonds is 3. The van der Waals surface area contributed by atoms with Gasteiger partial charge in [0.25, 0.3) is 5.91 Å². The van der Waals surface area contributed by atoms with E-state index in [0.717, 1.165) is 50.9 Å². The van der Waals surface area contributed by atoms with Crippen molar-refractivity contribution < 1.29 is 32.6 Å². The summed E-state index contributed by atoms with van der Waals surface area (Å²) in [5, 5.41) is 14.4. The Bertz CT molecular complexity index is 888. The van der Waals surface area contributed by atoms with Crippen LogP contribution in [0.1, 0.15) is 36.0 Å². The minimum atomic E-state index is -5.08. The first kappa shape index (κ1) is 23.9. The molecule has 2 aromatic heterocycles. The normalized spacial score (nSPS) is 20.2. The zero-order valence-electron chi connectivity index (χ0n) is 17.0. The summed E-state index contributed by atoms with van der Waals surface area (Å²) >= 11 is 1.56. The summed E-state index contributed by atoms with van der Waals surface area (Å²) in [5.41, 5.74) is 0.669. The molecule has 0 saturated carbocycles. The number of carboxylic acid groups (broad SMARTS) is 1. The van der Waals surface area contributed by atoms with E-state index in [2.05, 4.69) is 15.3 Å². The van der Waals surface area contributed by atoms with Gasteiger partial charge in [-0.05, 0) is 43.2 Å². The number of hydrogen-bond acceptors (Lipinski definition) is 7. The number of nitrogens with one attached hydrogen (secondary N) is 1. The Kier molecular flexibility index (Phi) is 7.67. The number of hydrogen-bond donors (Lipinski definition) is 2. The molecule has 2 aliphatic rings. The van der Waals surface area contributed by atoms with Crippen LogP contribution < -0.4 is 5.32 Å². The number of amides is 1. The summed E-state index contributed by atoms with van der Waals surface area (Å²) in [6, 6.07) is 4.03. The molecular weight excluding hydrogens is 449 g/mol. The number of thiophene rings is 1. The van der Waals surface area contributed by atoms with Crippen LogP contribution >= 0.6 is 11.3 Å². The minimum Gasteiger partial charge on any atom is -0.475 e. The van der Waals surface area contributed by atoms with Crippen molar-refractivity contribution in [3.63, 3.8) is 0 Å². The number of carboxylic acids is 1. The molecule has 174 valence electrons. The molecule has 32 heavy (non-hydrogen) atoms. The average molecular weight is 472 g/mol. The molecule has 1 amide bonds. The topological polar surface area (TPSA) is 105 Å². The maximum Gasteiger partial charge on any atom is 0.490 e. The van der Waals surface area contributed by atoms with Crippen LogP contribution in [0.25, 0.3) is 0 Å². The van der Waals surface area contributed by atoms with Crippen LogP contribution in [-0.4, -0.2) is 69.4 Å². The molecule has 2 aliphatic heterocycles. The van der Waals surface area contributed by atoms with Crippen molar-refractivity contribution in [2.45, 2.75) is 43.5 Å². The minimum absolute atomic E-state index is 0.129. The molecule has 4 rings (SSSR count). The van der Waals surface area contributed by atoms with Gasteiger partial charge in [0.1, 0.15) is 0 Å². The second-order valence-corrected chi connectivity index (χ2v) is 8.33. The molecule has 0 radical (unpaired) electrons. The molecular formula is C20H23F3N4O4S. The predicted octanol–water partition coefficient (Wildman–Crippen LogP) is 3.44. The van der Waals surface area contributed by atoms with Gasteiger partial charge in [-0.1, -0.05) is 0 Å². The molecule has 1 atom stereocenters. The monoisotopic (exact) mass is 472 g/mol. The lowest BCUT2D eigenvalue weighted by atomic mass is 9.82. The Morgan fingerprint density at radius 1 is 1.25 bits per heavy atom. The highest BCUT2D eigenvalue weighted by Crippen LogP contribution is 2.36. The van der Waals surface area contributed by atoms with Gasteiger partial charge in [0, 0.05) is 43.5 Å². The van der Waals surface area contributed by atoms with Crippen LogP contribution in [0.15, 0.2) is 35.3 Å². The number of nitrogens with zero attached hydrogens (tertiary/aromatic N) is 3. The lowest BCUT2D eigenvalue weighted by Gasteiger charge is -2.46. The van der Waals surface area contributed by atoms with Crippen LogP contribution in [0.2, 0.25) is 0 Å². The molecule has 12 heteroatoms. The first-order valence-corrected chi connectivity index (χ1v) is 10.9. The van der Waals surface area contributed by atoms with E-state index in [-0.39, 0.29) is 11.5 Å². The van der Waals surface area contributed by atoms with Crippen molar-refractivity contribution in [2.75, 3.05) is 25.0 Å². The van der Waals surface area contributed by atoms with Gasteiger partial charge >= 0.3 is 12.1 Å². The third-order valence-electron chi connectivity index (χ3n) is 5.36. The number of likely N-dealkylation sites (tertiary alicyclic amines) is 1. The molecule has 2 N–H and O–H groups in total. The molecule has 0 aromatic carbocycles. The van der Waals surface area contributed by atoms with Gasteiger partial charge in [0.05, 0.1) is 11.2 Å². The average Bonchev–Trinajstić information content (AvgIpc) is 3.29. The summed E-state index contributed by atoms with van der Waals surface area (Å²) in [6.07, 6.45) is 2.08. The van der Waals surface area contributed by atoms with E-state index in [0.29, 0.717) is 12.0 Å².